The van der Waals surface area contributed by atoms with E-state index in [4.69, 9.17) is 4.74 Å². The number of hydrogen-bond acceptors (Lipinski definition) is 1. The quantitative estimate of drug-likeness (QED) is 0.565. The molecular formula is C17H17Br2FO. The van der Waals surface area contributed by atoms with Gasteiger partial charge in [0.1, 0.15) is 11.6 Å². The lowest BCUT2D eigenvalue weighted by molar-refractivity contribution is 0.405. The molecule has 0 saturated heterocycles. The van der Waals surface area contributed by atoms with Crippen LogP contribution >= 0.6 is 31.9 Å². The molecule has 0 fully saturated rings. The number of rotatable bonds is 4. The fraction of sp³-hybridized carbons (Fsp3) is 0.294. The summed E-state index contributed by atoms with van der Waals surface area (Å²) in [7, 11) is 1.68. The van der Waals surface area contributed by atoms with Crippen molar-refractivity contribution in [2.45, 2.75) is 25.1 Å². The lowest BCUT2D eigenvalue weighted by Crippen LogP contribution is -2.04. The van der Waals surface area contributed by atoms with Gasteiger partial charge in [0.2, 0.25) is 0 Å². The molecule has 21 heavy (non-hydrogen) atoms. The van der Waals surface area contributed by atoms with Crippen LogP contribution in [0.2, 0.25) is 0 Å². The topological polar surface area (TPSA) is 9.23 Å². The number of methoxy groups -OCH3 is 1. The van der Waals surface area contributed by atoms with Crippen LogP contribution in [0.1, 0.15) is 27.1 Å². The highest BCUT2D eigenvalue weighted by molar-refractivity contribution is 9.10. The van der Waals surface area contributed by atoms with E-state index in [1.165, 1.54) is 6.07 Å². The molecule has 1 nitrogen and oxygen atoms in total. The smallest absolute Gasteiger partial charge is 0.126 e. The molecule has 2 rings (SSSR count). The Bertz CT molecular complexity index is 655. The minimum absolute atomic E-state index is 0.0606. The number of hydrogen-bond donors (Lipinski definition) is 0. The van der Waals surface area contributed by atoms with Gasteiger partial charge in [0.15, 0.2) is 0 Å². The van der Waals surface area contributed by atoms with Crippen molar-refractivity contribution in [1.29, 1.82) is 0 Å². The van der Waals surface area contributed by atoms with Crippen LogP contribution in [-0.2, 0) is 6.42 Å². The van der Waals surface area contributed by atoms with Gasteiger partial charge in [0.05, 0.1) is 7.11 Å². The van der Waals surface area contributed by atoms with Crippen molar-refractivity contribution in [1.82, 2.24) is 0 Å². The van der Waals surface area contributed by atoms with E-state index in [0.29, 0.717) is 6.42 Å². The third-order valence-electron chi connectivity index (χ3n) is 3.53. The number of ether oxygens (including phenoxy) is 1. The summed E-state index contributed by atoms with van der Waals surface area (Å²) in [5, 5.41) is 0. The lowest BCUT2D eigenvalue weighted by atomic mass is 9.97. The first-order valence-corrected chi connectivity index (χ1v) is 8.37. The van der Waals surface area contributed by atoms with Gasteiger partial charge in [-0.2, -0.15) is 0 Å². The van der Waals surface area contributed by atoms with Gasteiger partial charge < -0.3 is 4.74 Å². The summed E-state index contributed by atoms with van der Waals surface area (Å²) in [6, 6.07) is 8.76. The fourth-order valence-corrected chi connectivity index (χ4v) is 3.98. The zero-order valence-corrected chi connectivity index (χ0v) is 15.4. The summed E-state index contributed by atoms with van der Waals surface area (Å²) < 4.78 is 20.0. The molecule has 0 amide bonds. The highest BCUT2D eigenvalue weighted by Crippen LogP contribution is 2.41. The Hall–Kier alpha value is -0.870. The first-order valence-electron chi connectivity index (χ1n) is 6.66. The zero-order valence-electron chi connectivity index (χ0n) is 12.2. The Labute approximate surface area is 141 Å². The Morgan fingerprint density at radius 2 is 1.95 bits per heavy atom. The van der Waals surface area contributed by atoms with Gasteiger partial charge in [-0.25, -0.2) is 4.39 Å². The van der Waals surface area contributed by atoms with Crippen LogP contribution in [0.25, 0.3) is 0 Å². The van der Waals surface area contributed by atoms with Crippen LogP contribution in [0.3, 0.4) is 0 Å². The Morgan fingerprint density at radius 3 is 2.57 bits per heavy atom. The average Bonchev–Trinajstić information content (AvgIpc) is 2.42. The molecule has 0 bridgehead atoms. The average molecular weight is 416 g/mol. The van der Waals surface area contributed by atoms with Crippen LogP contribution in [0.4, 0.5) is 4.39 Å². The molecule has 2 aromatic carbocycles. The number of aryl methyl sites for hydroxylation is 1. The van der Waals surface area contributed by atoms with Gasteiger partial charge in [-0.3, -0.25) is 0 Å². The van der Waals surface area contributed by atoms with Crippen LogP contribution in [0, 0.1) is 19.7 Å². The molecule has 0 aliphatic carbocycles. The maximum Gasteiger partial charge on any atom is 0.126 e. The summed E-state index contributed by atoms with van der Waals surface area (Å²) in [6.07, 6.45) is 0.699. The SMILES string of the molecule is COc1c(C)cc(Br)c(C)c1C(Br)Cc1cccc(F)c1. The van der Waals surface area contributed by atoms with Crippen molar-refractivity contribution in [2.24, 2.45) is 0 Å². The van der Waals surface area contributed by atoms with Crippen molar-refractivity contribution in [3.8, 4) is 5.75 Å². The van der Waals surface area contributed by atoms with E-state index in [1.807, 2.05) is 13.0 Å². The molecule has 0 saturated carbocycles. The highest BCUT2D eigenvalue weighted by atomic mass is 79.9. The number of benzene rings is 2. The molecule has 0 aliphatic rings. The molecule has 0 aliphatic heterocycles. The minimum atomic E-state index is -0.207. The second-order valence-electron chi connectivity index (χ2n) is 5.05. The molecule has 0 heterocycles. The molecule has 0 aromatic heterocycles. The third kappa shape index (κ3) is 3.67. The van der Waals surface area contributed by atoms with Crippen molar-refractivity contribution in [3.63, 3.8) is 0 Å². The minimum Gasteiger partial charge on any atom is -0.496 e. The molecule has 1 unspecified atom stereocenters. The summed E-state index contributed by atoms with van der Waals surface area (Å²) in [6.45, 7) is 4.08. The van der Waals surface area contributed by atoms with Crippen molar-refractivity contribution >= 4 is 31.9 Å². The van der Waals surface area contributed by atoms with E-state index < -0.39 is 0 Å². The first kappa shape index (κ1) is 16.5. The van der Waals surface area contributed by atoms with Gasteiger partial charge in [0.25, 0.3) is 0 Å². The number of alkyl halides is 1. The predicted molar refractivity (Wildman–Crippen MR) is 91.9 cm³/mol. The maximum absolute atomic E-state index is 13.3. The summed E-state index contributed by atoms with van der Waals surface area (Å²) in [5.41, 5.74) is 4.27. The third-order valence-corrected chi connectivity index (χ3v) is 5.13. The second-order valence-corrected chi connectivity index (χ2v) is 7.01. The normalized spacial score (nSPS) is 12.3. The van der Waals surface area contributed by atoms with Gasteiger partial charge in [-0.1, -0.05) is 44.0 Å². The molecule has 0 N–H and O–H groups in total. The van der Waals surface area contributed by atoms with Crippen molar-refractivity contribution in [2.75, 3.05) is 7.11 Å². The van der Waals surface area contributed by atoms with Crippen LogP contribution in [-0.4, -0.2) is 7.11 Å². The van der Waals surface area contributed by atoms with E-state index in [1.54, 1.807) is 19.2 Å². The van der Waals surface area contributed by atoms with E-state index in [-0.39, 0.29) is 10.6 Å². The molecule has 2 aromatic rings. The fourth-order valence-electron chi connectivity index (χ4n) is 2.50. The van der Waals surface area contributed by atoms with Gasteiger partial charge in [-0.15, -0.1) is 0 Å². The predicted octanol–water partition coefficient (Wildman–Crippen LogP) is 5.89. The van der Waals surface area contributed by atoms with Gasteiger partial charge in [-0.05, 0) is 55.2 Å². The summed E-state index contributed by atoms with van der Waals surface area (Å²) in [5.74, 6) is 0.676. The van der Waals surface area contributed by atoms with E-state index in [0.717, 1.165) is 32.5 Å². The summed E-state index contributed by atoms with van der Waals surface area (Å²) >= 11 is 7.32. The van der Waals surface area contributed by atoms with E-state index in [2.05, 4.69) is 44.8 Å². The molecule has 112 valence electrons. The molecular weight excluding hydrogens is 399 g/mol. The molecule has 1 atom stereocenters. The second kappa shape index (κ2) is 6.93. The van der Waals surface area contributed by atoms with E-state index in [9.17, 15) is 4.39 Å². The standard InChI is InChI=1S/C17H17Br2FO/c1-10-7-14(18)11(2)16(17(10)21-3)15(19)9-12-5-4-6-13(20)8-12/h4-8,15H,9H2,1-3H3. The number of halogens is 3. The summed E-state index contributed by atoms with van der Waals surface area (Å²) in [4.78, 5) is 0.0606. The zero-order chi connectivity index (χ0) is 15.6. The van der Waals surface area contributed by atoms with Crippen LogP contribution in [0.5, 0.6) is 5.75 Å². The van der Waals surface area contributed by atoms with E-state index >= 15 is 0 Å². The van der Waals surface area contributed by atoms with Gasteiger partial charge >= 0.3 is 0 Å². The molecule has 0 radical (unpaired) electrons. The monoisotopic (exact) mass is 414 g/mol. The Kier molecular flexibility index (Phi) is 5.44. The first-order chi connectivity index (χ1) is 9.93. The van der Waals surface area contributed by atoms with Gasteiger partial charge in [0, 0.05) is 14.9 Å². The van der Waals surface area contributed by atoms with Crippen LogP contribution in [0.15, 0.2) is 34.8 Å². The van der Waals surface area contributed by atoms with Crippen molar-refractivity contribution < 1.29 is 9.13 Å². The highest BCUT2D eigenvalue weighted by Gasteiger charge is 2.20. The Balaban J connectivity index is 2.41. The molecule has 0 spiro atoms. The maximum atomic E-state index is 13.3. The lowest BCUT2D eigenvalue weighted by Gasteiger charge is -2.20. The van der Waals surface area contributed by atoms with Crippen molar-refractivity contribution in [3.05, 3.63) is 62.9 Å². The Morgan fingerprint density at radius 1 is 1.24 bits per heavy atom. The largest absolute Gasteiger partial charge is 0.496 e. The molecule has 4 heteroatoms. The van der Waals surface area contributed by atoms with Crippen LogP contribution < -0.4 is 4.74 Å².